The van der Waals surface area contributed by atoms with Gasteiger partial charge in [0, 0.05) is 6.54 Å². The van der Waals surface area contributed by atoms with Gasteiger partial charge in [-0.05, 0) is 25.7 Å². The van der Waals surface area contributed by atoms with Crippen LogP contribution in [-0.4, -0.2) is 47.0 Å². The number of aryl methyl sites for hydroxylation is 1. The van der Waals surface area contributed by atoms with E-state index in [0.717, 1.165) is 19.4 Å². The van der Waals surface area contributed by atoms with E-state index in [0.29, 0.717) is 30.9 Å². The Balaban J connectivity index is 1.88. The Morgan fingerprint density at radius 1 is 1.15 bits per heavy atom. The smallest absolute Gasteiger partial charge is 0.230 e. The number of nitrogen functional groups attached to an aromatic ring is 1. The number of hydrogen-bond donors (Lipinski definition) is 1. The molecular formula is C13H21N5O2. The van der Waals surface area contributed by atoms with E-state index in [9.17, 15) is 0 Å². The molecular weight excluding hydrogens is 258 g/mol. The molecule has 0 radical (unpaired) electrons. The molecule has 2 aliphatic rings. The second-order valence-corrected chi connectivity index (χ2v) is 5.55. The van der Waals surface area contributed by atoms with Gasteiger partial charge in [-0.25, -0.2) is 0 Å². The van der Waals surface area contributed by atoms with Gasteiger partial charge in [0.2, 0.25) is 11.9 Å². The van der Waals surface area contributed by atoms with Crippen molar-refractivity contribution in [1.29, 1.82) is 0 Å². The topological polar surface area (TPSA) is 86.4 Å². The van der Waals surface area contributed by atoms with E-state index in [1.165, 1.54) is 0 Å². The molecule has 0 aromatic carbocycles. The van der Waals surface area contributed by atoms with Crippen molar-refractivity contribution in [3.05, 3.63) is 5.82 Å². The zero-order valence-corrected chi connectivity index (χ0v) is 12.0. The van der Waals surface area contributed by atoms with Crippen LogP contribution in [0.3, 0.4) is 0 Å². The van der Waals surface area contributed by atoms with Gasteiger partial charge in [0.1, 0.15) is 5.82 Å². The van der Waals surface area contributed by atoms with E-state index >= 15 is 0 Å². The van der Waals surface area contributed by atoms with Crippen LogP contribution < -0.4 is 10.6 Å². The molecule has 1 aromatic heterocycles. The van der Waals surface area contributed by atoms with Crippen LogP contribution in [-0.2, 0) is 9.47 Å². The number of rotatable bonds is 2. The summed E-state index contributed by atoms with van der Waals surface area (Å²) in [5.74, 6) is 2.12. The average molecular weight is 279 g/mol. The standard InChI is InChI=1S/C13H21N5O2/c1-8-3-4-10(11-19-5-6-20-11)18(7-8)13-16-9(2)15-12(14)17-13/h8,10-11H,3-7H2,1-2H3,(H2,14,15,16,17). The Kier molecular flexibility index (Phi) is 3.71. The first-order valence-corrected chi connectivity index (χ1v) is 7.11. The Morgan fingerprint density at radius 2 is 1.90 bits per heavy atom. The predicted octanol–water partition coefficient (Wildman–Crippen LogP) is 0.740. The first-order valence-electron chi connectivity index (χ1n) is 7.11. The molecule has 7 heteroatoms. The number of nitrogens with zero attached hydrogens (tertiary/aromatic N) is 4. The molecule has 3 rings (SSSR count). The predicted molar refractivity (Wildman–Crippen MR) is 74.2 cm³/mol. The van der Waals surface area contributed by atoms with Crippen molar-refractivity contribution in [3.63, 3.8) is 0 Å². The summed E-state index contributed by atoms with van der Waals surface area (Å²) >= 11 is 0. The molecule has 7 nitrogen and oxygen atoms in total. The highest BCUT2D eigenvalue weighted by Gasteiger charge is 2.37. The van der Waals surface area contributed by atoms with E-state index in [1.54, 1.807) is 0 Å². The van der Waals surface area contributed by atoms with Crippen LogP contribution in [0.4, 0.5) is 11.9 Å². The number of aromatic nitrogens is 3. The minimum atomic E-state index is -0.194. The van der Waals surface area contributed by atoms with Crippen LogP contribution in [0, 0.1) is 12.8 Å². The van der Waals surface area contributed by atoms with Crippen LogP contribution >= 0.6 is 0 Å². The monoisotopic (exact) mass is 279 g/mol. The largest absolute Gasteiger partial charge is 0.368 e. The lowest BCUT2D eigenvalue weighted by atomic mass is 9.94. The molecule has 20 heavy (non-hydrogen) atoms. The van der Waals surface area contributed by atoms with Crippen molar-refractivity contribution < 1.29 is 9.47 Å². The summed E-state index contributed by atoms with van der Waals surface area (Å²) < 4.78 is 11.3. The normalized spacial score (nSPS) is 28.0. The molecule has 1 aromatic rings. The summed E-state index contributed by atoms with van der Waals surface area (Å²) in [6.45, 7) is 6.26. The van der Waals surface area contributed by atoms with E-state index in [1.807, 2.05) is 6.92 Å². The summed E-state index contributed by atoms with van der Waals surface area (Å²) in [4.78, 5) is 14.9. The molecule has 0 bridgehead atoms. The van der Waals surface area contributed by atoms with Gasteiger partial charge in [-0.15, -0.1) is 0 Å². The lowest BCUT2D eigenvalue weighted by molar-refractivity contribution is -0.0668. The zero-order valence-electron chi connectivity index (χ0n) is 12.0. The fourth-order valence-corrected chi connectivity index (χ4v) is 2.90. The Hall–Kier alpha value is -1.47. The maximum Gasteiger partial charge on any atom is 0.230 e. The molecule has 110 valence electrons. The van der Waals surface area contributed by atoms with E-state index in [2.05, 4.69) is 26.8 Å². The molecule has 2 saturated heterocycles. The summed E-state index contributed by atoms with van der Waals surface area (Å²) in [6.07, 6.45) is 1.97. The molecule has 2 atom stereocenters. The maximum atomic E-state index is 5.75. The fraction of sp³-hybridized carbons (Fsp3) is 0.769. The number of nitrogens with two attached hydrogens (primary N) is 1. The molecule has 0 amide bonds. The number of piperidine rings is 1. The van der Waals surface area contributed by atoms with Gasteiger partial charge in [-0.2, -0.15) is 15.0 Å². The van der Waals surface area contributed by atoms with Gasteiger partial charge >= 0.3 is 0 Å². The SMILES string of the molecule is Cc1nc(N)nc(N2CC(C)CCC2C2OCCO2)n1. The minimum absolute atomic E-state index is 0.148. The molecule has 2 N–H and O–H groups in total. The van der Waals surface area contributed by atoms with Crippen LogP contribution in [0.1, 0.15) is 25.6 Å². The van der Waals surface area contributed by atoms with Gasteiger partial charge in [0.15, 0.2) is 6.29 Å². The van der Waals surface area contributed by atoms with Crippen LogP contribution in [0.15, 0.2) is 0 Å². The van der Waals surface area contributed by atoms with Crippen molar-refractivity contribution in [2.45, 2.75) is 39.0 Å². The second-order valence-electron chi connectivity index (χ2n) is 5.55. The molecule has 2 fully saturated rings. The minimum Gasteiger partial charge on any atom is -0.368 e. The lowest BCUT2D eigenvalue weighted by Gasteiger charge is -2.40. The summed E-state index contributed by atoms with van der Waals surface area (Å²) in [7, 11) is 0. The molecule has 3 heterocycles. The van der Waals surface area contributed by atoms with Gasteiger partial charge in [-0.1, -0.05) is 6.92 Å². The van der Waals surface area contributed by atoms with Gasteiger partial charge in [0.05, 0.1) is 19.3 Å². The first-order chi connectivity index (χ1) is 9.63. The maximum absolute atomic E-state index is 5.75. The van der Waals surface area contributed by atoms with Crippen LogP contribution in [0.2, 0.25) is 0 Å². The van der Waals surface area contributed by atoms with Crippen LogP contribution in [0.5, 0.6) is 0 Å². The zero-order chi connectivity index (χ0) is 14.1. The first kappa shape index (κ1) is 13.5. The Bertz CT molecular complexity index is 458. The van der Waals surface area contributed by atoms with Gasteiger partial charge < -0.3 is 20.1 Å². The third-order valence-corrected chi connectivity index (χ3v) is 3.84. The molecule has 2 unspecified atom stereocenters. The van der Waals surface area contributed by atoms with Crippen molar-refractivity contribution in [2.24, 2.45) is 5.92 Å². The number of hydrogen-bond acceptors (Lipinski definition) is 7. The van der Waals surface area contributed by atoms with E-state index < -0.39 is 0 Å². The van der Waals surface area contributed by atoms with E-state index in [-0.39, 0.29) is 18.3 Å². The lowest BCUT2D eigenvalue weighted by Crippen LogP contribution is -2.50. The highest BCUT2D eigenvalue weighted by molar-refractivity contribution is 5.37. The van der Waals surface area contributed by atoms with Crippen molar-refractivity contribution in [2.75, 3.05) is 30.4 Å². The average Bonchev–Trinajstić information content (AvgIpc) is 2.91. The Morgan fingerprint density at radius 3 is 2.60 bits per heavy atom. The van der Waals surface area contributed by atoms with Gasteiger partial charge in [0.25, 0.3) is 0 Å². The van der Waals surface area contributed by atoms with Crippen LogP contribution in [0.25, 0.3) is 0 Å². The molecule has 0 saturated carbocycles. The third-order valence-electron chi connectivity index (χ3n) is 3.84. The molecule has 0 spiro atoms. The second kappa shape index (κ2) is 5.49. The number of anilines is 2. The number of ether oxygens (including phenoxy) is 2. The van der Waals surface area contributed by atoms with Crippen molar-refractivity contribution in [1.82, 2.24) is 15.0 Å². The Labute approximate surface area is 118 Å². The fourth-order valence-electron chi connectivity index (χ4n) is 2.90. The summed E-state index contributed by atoms with van der Waals surface area (Å²) in [6, 6.07) is 0.148. The van der Waals surface area contributed by atoms with Crippen molar-refractivity contribution >= 4 is 11.9 Å². The summed E-state index contributed by atoms with van der Waals surface area (Å²) in [5.41, 5.74) is 5.75. The summed E-state index contributed by atoms with van der Waals surface area (Å²) in [5, 5.41) is 0. The highest BCUT2D eigenvalue weighted by Crippen LogP contribution is 2.30. The van der Waals surface area contributed by atoms with Crippen molar-refractivity contribution in [3.8, 4) is 0 Å². The third kappa shape index (κ3) is 2.69. The quantitative estimate of drug-likeness (QED) is 0.854. The molecule has 2 aliphatic heterocycles. The highest BCUT2D eigenvalue weighted by atomic mass is 16.7. The van der Waals surface area contributed by atoms with E-state index in [4.69, 9.17) is 15.2 Å². The molecule has 0 aliphatic carbocycles. The van der Waals surface area contributed by atoms with Gasteiger partial charge in [-0.3, -0.25) is 0 Å².